The van der Waals surface area contributed by atoms with Gasteiger partial charge in [0.15, 0.2) is 0 Å². The number of fused-ring (bicyclic) bond motifs is 5. The first-order chi connectivity index (χ1) is 21.9. The number of aromatic amines is 1. The number of rotatable bonds is 3. The number of nitrogens with zero attached hydrogens (tertiary/aromatic N) is 6. The van der Waals surface area contributed by atoms with Crippen LogP contribution in [0, 0.1) is 0 Å². The van der Waals surface area contributed by atoms with Crippen LogP contribution in [-0.4, -0.2) is 111 Å². The first-order valence-electron chi connectivity index (χ1n) is 13.6. The Hall–Kier alpha value is -3.21. The molecule has 3 fully saturated rings. The molecule has 0 amide bonds. The molecule has 9 atom stereocenters. The number of aliphatic hydroxyl groups excluding tert-OH is 2. The Morgan fingerprint density at radius 3 is 2.63 bits per heavy atom. The second kappa shape index (κ2) is 11.5. The van der Waals surface area contributed by atoms with E-state index in [4.69, 9.17) is 43.6 Å². The van der Waals surface area contributed by atoms with Crippen LogP contribution in [0.3, 0.4) is 0 Å². The normalized spacial score (nSPS) is 35.8. The van der Waals surface area contributed by atoms with Gasteiger partial charge in [0, 0.05) is 0 Å². The van der Waals surface area contributed by atoms with Gasteiger partial charge < -0.3 is 0 Å². The number of nitrogens with one attached hydrogen (secondary N) is 1. The second-order valence-corrected chi connectivity index (χ2v) is 13.9. The molecule has 9 N–H and O–H groups in total. The van der Waals surface area contributed by atoms with Crippen LogP contribution in [0.25, 0.3) is 22.2 Å². The Kier molecular flexibility index (Phi) is 7.84. The van der Waals surface area contributed by atoms with Gasteiger partial charge >= 0.3 is 257 Å². The first-order valence-corrected chi connectivity index (χ1v) is 16.8. The molecular weight excluding hydrogens is 660 g/mol. The molecule has 3 saturated heterocycles. The molecule has 3 aliphatic rings. The summed E-state index contributed by atoms with van der Waals surface area (Å²) < 4.78 is 55.0. The molecule has 0 aliphatic carbocycles. The van der Waals surface area contributed by atoms with Crippen molar-refractivity contribution >= 4 is 50.0 Å². The van der Waals surface area contributed by atoms with E-state index in [1.807, 2.05) is 0 Å². The molecule has 7 heterocycles. The van der Waals surface area contributed by atoms with E-state index in [1.54, 1.807) is 6.07 Å². The third-order valence-electron chi connectivity index (χ3n) is 7.79. The summed E-state index contributed by atoms with van der Waals surface area (Å²) in [6, 6.07) is 1.60. The van der Waals surface area contributed by atoms with Gasteiger partial charge in [-0.15, -0.1) is 0 Å². The number of anilines is 2. The second-order valence-electron chi connectivity index (χ2n) is 10.6. The van der Waals surface area contributed by atoms with E-state index in [2.05, 4.69) is 24.9 Å². The molecule has 0 saturated carbocycles. The Labute approximate surface area is 257 Å². The van der Waals surface area contributed by atoms with Gasteiger partial charge in [-0.05, 0) is 0 Å². The SMILES string of the molecule is CO[PH]1(O)OCC2OC(n3ccc4c(N)ncnc43)C(O)C2OP(=O)(O)OCC2OC(n3cnc4c(=O)[nH]c(N)nc43)C(O1)C2O. The molecule has 24 heteroatoms. The molecule has 0 spiro atoms. The predicted octanol–water partition coefficient (Wildman–Crippen LogP) is -1.79. The van der Waals surface area contributed by atoms with E-state index in [0.717, 1.165) is 7.11 Å². The number of aliphatic hydroxyl groups is 2. The molecule has 9 unspecified atom stereocenters. The summed E-state index contributed by atoms with van der Waals surface area (Å²) in [6.07, 6.45) is -7.68. The standard InChI is InChI=1S/C22H29N9O13P2/c1-38-46(37)40-5-10-14(13(33)20(42-10)30-3-2-8-16(23)25-6-26-17(8)30)43-45(35,36)39-4-9-12(32)15(44-46)21(41-9)31-7-27-11-18(31)28-22(24)29-19(11)34/h2-3,6-7,9-10,12-15,20-21,32-33,37,46H,4-5H2,1H3,(H,35,36)(H2,23,25,26)(H3,24,28,29,34). The number of hydrogen-bond acceptors (Lipinski definition) is 18. The van der Waals surface area contributed by atoms with Crippen LogP contribution in [0.2, 0.25) is 0 Å². The van der Waals surface area contributed by atoms with Gasteiger partial charge in [-0.2, -0.15) is 0 Å². The zero-order chi connectivity index (χ0) is 32.5. The summed E-state index contributed by atoms with van der Waals surface area (Å²) in [5, 5.41) is 22.9. The average molecular weight is 689 g/mol. The molecule has 0 aromatic carbocycles. The summed E-state index contributed by atoms with van der Waals surface area (Å²) in [5.74, 6) is -0.0655. The van der Waals surface area contributed by atoms with Gasteiger partial charge in [0.25, 0.3) is 0 Å². The number of H-pyrrole nitrogens is 1. The molecule has 7 rings (SSSR count). The fourth-order valence-corrected chi connectivity index (χ4v) is 7.82. The minimum atomic E-state index is -5.01. The van der Waals surface area contributed by atoms with Crippen molar-refractivity contribution < 1.29 is 56.7 Å². The van der Waals surface area contributed by atoms with Gasteiger partial charge in [-0.1, -0.05) is 0 Å². The minimum absolute atomic E-state index is 0.0544. The van der Waals surface area contributed by atoms with Crippen molar-refractivity contribution in [1.29, 1.82) is 0 Å². The summed E-state index contributed by atoms with van der Waals surface area (Å²) >= 11 is 0. The monoisotopic (exact) mass is 689 g/mol. The van der Waals surface area contributed by atoms with Crippen molar-refractivity contribution in [1.82, 2.24) is 34.1 Å². The fourth-order valence-electron chi connectivity index (χ4n) is 5.60. The molecule has 2 bridgehead atoms. The zero-order valence-electron chi connectivity index (χ0n) is 23.6. The third kappa shape index (κ3) is 5.36. The number of nitrogen functional groups attached to an aromatic ring is 2. The van der Waals surface area contributed by atoms with Crippen LogP contribution in [0.1, 0.15) is 12.5 Å². The number of phosphoric acid groups is 1. The van der Waals surface area contributed by atoms with Crippen LogP contribution in [0.15, 0.2) is 29.7 Å². The van der Waals surface area contributed by atoms with E-state index in [0.29, 0.717) is 11.0 Å². The van der Waals surface area contributed by atoms with Crippen molar-refractivity contribution in [2.24, 2.45) is 0 Å². The number of hydrogen-bond donors (Lipinski definition) is 7. The van der Waals surface area contributed by atoms with Crippen LogP contribution in [0.4, 0.5) is 11.8 Å². The van der Waals surface area contributed by atoms with Crippen molar-refractivity contribution in [3.63, 3.8) is 0 Å². The number of aromatic nitrogens is 7. The van der Waals surface area contributed by atoms with Crippen LogP contribution < -0.4 is 17.0 Å². The van der Waals surface area contributed by atoms with Gasteiger partial charge in [0.2, 0.25) is 0 Å². The van der Waals surface area contributed by atoms with Crippen LogP contribution in [-0.2, 0) is 36.7 Å². The van der Waals surface area contributed by atoms with Crippen molar-refractivity contribution in [2.45, 2.75) is 49.1 Å². The maximum absolute atomic E-state index is 13.2. The van der Waals surface area contributed by atoms with Gasteiger partial charge in [0.1, 0.15) is 0 Å². The van der Waals surface area contributed by atoms with Crippen LogP contribution in [0.5, 0.6) is 0 Å². The first kappa shape index (κ1) is 31.4. The molecule has 3 aliphatic heterocycles. The molecular formula is C22H29N9O13P2. The van der Waals surface area contributed by atoms with Gasteiger partial charge in [0.05, 0.1) is 0 Å². The Morgan fingerprint density at radius 1 is 1.07 bits per heavy atom. The van der Waals surface area contributed by atoms with E-state index in [9.17, 15) is 29.4 Å². The van der Waals surface area contributed by atoms with Gasteiger partial charge in [-0.3, -0.25) is 0 Å². The number of phosphoric ester groups is 1. The Balaban J connectivity index is 1.22. The number of ether oxygens (including phenoxy) is 2. The number of nitrogens with two attached hydrogens (primary N) is 2. The average Bonchev–Trinajstić information content (AvgIpc) is 3.77. The fraction of sp³-hybridized carbons (Fsp3) is 0.500. The van der Waals surface area contributed by atoms with Gasteiger partial charge in [-0.25, -0.2) is 0 Å². The van der Waals surface area contributed by atoms with Crippen molar-refractivity contribution in [3.05, 3.63) is 35.3 Å². The summed E-state index contributed by atoms with van der Waals surface area (Å²) in [5.41, 5.74) is 11.1. The quantitative estimate of drug-likeness (QED) is 0.117. The molecule has 22 nitrogen and oxygen atoms in total. The predicted molar refractivity (Wildman–Crippen MR) is 153 cm³/mol. The van der Waals surface area contributed by atoms with E-state index < -0.39 is 83.8 Å². The molecule has 4 aromatic rings. The maximum atomic E-state index is 13.2. The molecule has 46 heavy (non-hydrogen) atoms. The molecule has 4 aromatic heterocycles. The van der Waals surface area contributed by atoms with E-state index in [1.165, 1.54) is 28.0 Å². The van der Waals surface area contributed by atoms with Crippen LogP contribution >= 0.6 is 16.0 Å². The van der Waals surface area contributed by atoms with E-state index >= 15 is 0 Å². The summed E-state index contributed by atoms with van der Waals surface area (Å²) in [4.78, 5) is 52.9. The third-order valence-corrected chi connectivity index (χ3v) is 10.4. The Morgan fingerprint density at radius 2 is 1.85 bits per heavy atom. The zero-order valence-corrected chi connectivity index (χ0v) is 25.5. The topological polar surface area (TPSA) is 309 Å². The Bertz CT molecular complexity index is 1890. The van der Waals surface area contributed by atoms with Crippen molar-refractivity contribution in [2.75, 3.05) is 31.8 Å². The summed E-state index contributed by atoms with van der Waals surface area (Å²) in [7, 11) is -8.64. The van der Waals surface area contributed by atoms with E-state index in [-0.39, 0.29) is 22.9 Å². The summed E-state index contributed by atoms with van der Waals surface area (Å²) in [6.45, 7) is -1.34. The molecule has 0 radical (unpaired) electrons. The number of imidazole rings is 1. The van der Waals surface area contributed by atoms with Crippen molar-refractivity contribution in [3.8, 4) is 0 Å². The molecule has 250 valence electrons.